The van der Waals surface area contributed by atoms with Crippen molar-refractivity contribution in [3.05, 3.63) is 315 Å². The van der Waals surface area contributed by atoms with E-state index < -0.39 is 0 Å². The van der Waals surface area contributed by atoms with Gasteiger partial charge in [-0.2, -0.15) is 0 Å². The number of furan rings is 2. The summed E-state index contributed by atoms with van der Waals surface area (Å²) in [6.07, 6.45) is 0. The Morgan fingerprint density at radius 1 is 0.208 bits per heavy atom. The van der Waals surface area contributed by atoms with Gasteiger partial charge in [0.05, 0.1) is 31.8 Å². The Kier molecular flexibility index (Phi) is 14.3. The number of aromatic nitrogens is 10. The fourth-order valence-electron chi connectivity index (χ4n) is 14.6. The number of hydrogen-bond donors (Lipinski definition) is 0. The molecule has 21 rings (SSSR count). The van der Waals surface area contributed by atoms with Crippen molar-refractivity contribution in [2.24, 2.45) is 0 Å². The Morgan fingerprint density at radius 3 is 0.943 bits per heavy atom. The molecule has 0 saturated carbocycles. The van der Waals surface area contributed by atoms with E-state index >= 15 is 0 Å². The van der Waals surface area contributed by atoms with Crippen molar-refractivity contribution in [1.29, 1.82) is 0 Å². The van der Waals surface area contributed by atoms with Crippen LogP contribution < -0.4 is 0 Å². The van der Waals surface area contributed by atoms with Gasteiger partial charge in [0.2, 0.25) is 0 Å². The monoisotopic (exact) mass is 1390 g/mol. The molecule has 0 atom stereocenters. The topological polar surface area (TPSA) is 155 Å². The summed E-state index contributed by atoms with van der Waals surface area (Å²) in [7, 11) is 0. The molecule has 14 heteroatoms. The van der Waals surface area contributed by atoms with Crippen molar-refractivity contribution >= 4 is 107 Å². The van der Waals surface area contributed by atoms with Crippen molar-refractivity contribution in [2.45, 2.75) is 0 Å². The molecule has 8 heterocycles. The number of fused-ring (bicyclic) bond motifs is 12. The molecule has 0 N–H and O–H groups in total. The molecule has 494 valence electrons. The maximum absolute atomic E-state index is 6.98. The summed E-state index contributed by atoms with van der Waals surface area (Å²) in [4.78, 5) is 52.4. The molecule has 12 nitrogen and oxygen atoms in total. The van der Waals surface area contributed by atoms with Crippen LogP contribution >= 0.6 is 22.7 Å². The standard InChI is InChI=1S/C92H52N10O2S2/c1-5-22-56(23-6-1)85-93-77-63-32-13-15-42-73(63)105-83(77)79(95-85)69-38-18-35-66-76-68(37-21-41-72(76)104-81(66)69)92-101-89(59-28-11-4-12-29-59)98-90(102-92)62-31-17-30-61(52-62)55-46-44-53(45-47-55)54-48-50-60(51-49-54)86-94-78-64-33-14-16-43-74(64)106-84(78)80(96-86)70-39-19-34-65-75-67(36-20-40-71(75)103-82(65)70)91-99-87(57-24-7-2-8-25-57)97-88(100-91)58-26-9-3-10-27-58/h1-52H. The summed E-state index contributed by atoms with van der Waals surface area (Å²) in [5.41, 5.74) is 19.2. The lowest BCUT2D eigenvalue weighted by Gasteiger charge is -2.11. The van der Waals surface area contributed by atoms with Crippen molar-refractivity contribution in [3.63, 3.8) is 0 Å². The molecular formula is C92H52N10O2S2. The average molecular weight is 1390 g/mol. The molecule has 0 spiro atoms. The van der Waals surface area contributed by atoms with Crippen molar-refractivity contribution in [3.8, 4) is 136 Å². The Balaban J connectivity index is 0.612. The van der Waals surface area contributed by atoms with Crippen molar-refractivity contribution in [1.82, 2.24) is 49.8 Å². The van der Waals surface area contributed by atoms with Crippen molar-refractivity contribution < 1.29 is 8.83 Å². The first kappa shape index (κ1) is 60.8. The summed E-state index contributed by atoms with van der Waals surface area (Å²) in [6, 6.07) is 108. The average Bonchev–Trinajstić information content (AvgIpc) is 1.57. The number of nitrogens with zero attached hydrogens (tertiary/aromatic N) is 10. The highest BCUT2D eigenvalue weighted by atomic mass is 32.1. The predicted octanol–water partition coefficient (Wildman–Crippen LogP) is 24.2. The molecule has 0 unspecified atom stereocenters. The van der Waals surface area contributed by atoms with E-state index in [2.05, 4.69) is 182 Å². The first-order chi connectivity index (χ1) is 52.5. The van der Waals surface area contributed by atoms with Crippen LogP contribution in [0.15, 0.2) is 324 Å². The Morgan fingerprint density at radius 2 is 0.509 bits per heavy atom. The first-order valence-electron chi connectivity index (χ1n) is 34.8. The Labute approximate surface area is 613 Å². The minimum absolute atomic E-state index is 0.528. The molecule has 0 aliphatic carbocycles. The summed E-state index contributed by atoms with van der Waals surface area (Å²) < 4.78 is 18.2. The molecular weight excluding hydrogens is 1340 g/mol. The molecule has 0 bridgehead atoms. The third kappa shape index (κ3) is 10.4. The van der Waals surface area contributed by atoms with Gasteiger partial charge in [0, 0.05) is 97.4 Å². The third-order valence-electron chi connectivity index (χ3n) is 19.7. The van der Waals surface area contributed by atoms with Gasteiger partial charge in [0.1, 0.15) is 22.3 Å². The quantitative estimate of drug-likeness (QED) is 0.114. The largest absolute Gasteiger partial charge is 0.455 e. The highest BCUT2D eigenvalue weighted by molar-refractivity contribution is 7.26. The predicted molar refractivity (Wildman–Crippen MR) is 430 cm³/mol. The Hall–Kier alpha value is -13.9. The van der Waals surface area contributed by atoms with Crippen LogP contribution in [0.5, 0.6) is 0 Å². The maximum atomic E-state index is 6.98. The van der Waals surface area contributed by atoms with Crippen LogP contribution in [0.25, 0.3) is 220 Å². The van der Waals surface area contributed by atoms with Crippen LogP contribution in [0, 0.1) is 0 Å². The zero-order valence-electron chi connectivity index (χ0n) is 56.1. The molecule has 106 heavy (non-hydrogen) atoms. The van der Waals surface area contributed by atoms with Crippen LogP contribution in [-0.2, 0) is 0 Å². The van der Waals surface area contributed by atoms with Gasteiger partial charge in [0.25, 0.3) is 0 Å². The summed E-state index contributed by atoms with van der Waals surface area (Å²) in [6.45, 7) is 0. The highest BCUT2D eigenvalue weighted by Crippen LogP contribution is 2.48. The van der Waals surface area contributed by atoms with Crippen molar-refractivity contribution in [2.75, 3.05) is 0 Å². The second-order valence-corrected chi connectivity index (χ2v) is 28.2. The molecule has 0 aliphatic heterocycles. The molecule has 8 aromatic heterocycles. The zero-order chi connectivity index (χ0) is 69.8. The van der Waals surface area contributed by atoms with Gasteiger partial charge in [-0.3, -0.25) is 0 Å². The second kappa shape index (κ2) is 25.0. The zero-order valence-corrected chi connectivity index (χ0v) is 57.8. The van der Waals surface area contributed by atoms with Crippen LogP contribution in [0.1, 0.15) is 0 Å². The van der Waals surface area contributed by atoms with Gasteiger partial charge >= 0.3 is 0 Å². The lowest BCUT2D eigenvalue weighted by atomic mass is 9.98. The number of thiophene rings is 2. The van der Waals surface area contributed by atoms with Gasteiger partial charge in [-0.1, -0.05) is 273 Å². The minimum atomic E-state index is 0.528. The lowest BCUT2D eigenvalue weighted by Crippen LogP contribution is -2.00. The van der Waals surface area contributed by atoms with Gasteiger partial charge in [-0.25, -0.2) is 49.8 Å². The van der Waals surface area contributed by atoms with E-state index in [-0.39, 0.29) is 0 Å². The van der Waals surface area contributed by atoms with E-state index in [1.54, 1.807) is 22.7 Å². The van der Waals surface area contributed by atoms with Crippen LogP contribution in [0.3, 0.4) is 0 Å². The van der Waals surface area contributed by atoms with Gasteiger partial charge in [-0.15, -0.1) is 22.7 Å². The molecule has 0 aliphatic rings. The molecule has 13 aromatic carbocycles. The minimum Gasteiger partial charge on any atom is -0.455 e. The SMILES string of the molecule is c1ccc(-c2nc(-c3ccccc3)nc(-c3cccc4oc5c(-c6nc(-c7ccc(-c8ccc(-c9cccc(-c%10nc(-c%11ccccc%11)nc(-c%11cccc%12oc%13c(-c%14nc(-c%15ccccc%15)nc%15c%14sc%14ccccc%14%15)cccc%13c%11%12)n%10)c9)cc8)cc7)nc7c6sc6ccccc67)cccc5c34)n2)cc1. The molecule has 0 fully saturated rings. The van der Waals surface area contributed by atoms with Gasteiger partial charge < -0.3 is 8.83 Å². The molecule has 21 aromatic rings. The number of rotatable bonds is 12. The van der Waals surface area contributed by atoms with Crippen LogP contribution in [0.2, 0.25) is 0 Å². The van der Waals surface area contributed by atoms with E-state index in [1.165, 1.54) is 0 Å². The van der Waals surface area contributed by atoms with Gasteiger partial charge in [0.15, 0.2) is 46.6 Å². The third-order valence-corrected chi connectivity index (χ3v) is 22.0. The smallest absolute Gasteiger partial charge is 0.164 e. The Bertz CT molecular complexity index is 7010. The number of para-hydroxylation sites is 2. The summed E-state index contributed by atoms with van der Waals surface area (Å²) in [5, 5.41) is 5.83. The van der Waals surface area contributed by atoms with Crippen LogP contribution in [-0.4, -0.2) is 49.8 Å². The lowest BCUT2D eigenvalue weighted by molar-refractivity contribution is 0.669. The number of hydrogen-bond acceptors (Lipinski definition) is 14. The van der Waals surface area contributed by atoms with E-state index in [0.29, 0.717) is 63.3 Å². The number of benzene rings is 13. The summed E-state index contributed by atoms with van der Waals surface area (Å²) >= 11 is 3.39. The molecule has 0 saturated heterocycles. The first-order valence-corrected chi connectivity index (χ1v) is 36.5. The van der Waals surface area contributed by atoms with E-state index in [1.807, 2.05) is 133 Å². The van der Waals surface area contributed by atoms with E-state index in [0.717, 1.165) is 157 Å². The maximum Gasteiger partial charge on any atom is 0.164 e. The summed E-state index contributed by atoms with van der Waals surface area (Å²) in [5.74, 6) is 4.63. The van der Waals surface area contributed by atoms with E-state index in [4.69, 9.17) is 58.7 Å². The fourth-order valence-corrected chi connectivity index (χ4v) is 16.9. The molecule has 0 amide bonds. The van der Waals surface area contributed by atoms with Gasteiger partial charge in [-0.05, 0) is 64.7 Å². The fraction of sp³-hybridized carbons (Fsp3) is 0. The molecule has 0 radical (unpaired) electrons. The van der Waals surface area contributed by atoms with Crippen LogP contribution in [0.4, 0.5) is 0 Å². The van der Waals surface area contributed by atoms with E-state index in [9.17, 15) is 0 Å². The highest BCUT2D eigenvalue weighted by Gasteiger charge is 2.27. The normalized spacial score (nSPS) is 11.8. The second-order valence-electron chi connectivity index (χ2n) is 26.1.